The van der Waals surface area contributed by atoms with Gasteiger partial charge in [0.05, 0.1) is 5.69 Å². The quantitative estimate of drug-likeness (QED) is 0.247. The number of imide groups is 1. The van der Waals surface area contributed by atoms with Crippen molar-refractivity contribution in [3.05, 3.63) is 114 Å². The summed E-state index contributed by atoms with van der Waals surface area (Å²) in [6.07, 6.45) is 2.51. The number of carbonyl (C=O) groups is 4. The molecule has 3 aromatic carbocycles. The van der Waals surface area contributed by atoms with Crippen molar-refractivity contribution < 1.29 is 19.2 Å². The minimum absolute atomic E-state index is 0.270. The number of nitrogens with zero attached hydrogens (tertiary/aromatic N) is 1. The zero-order valence-electron chi connectivity index (χ0n) is 19.5. The first-order chi connectivity index (χ1) is 16.7. The van der Waals surface area contributed by atoms with Crippen molar-refractivity contribution in [2.45, 2.75) is 13.8 Å². The maximum atomic E-state index is 12.7. The van der Waals surface area contributed by atoms with Crippen molar-refractivity contribution in [2.24, 2.45) is 0 Å². The van der Waals surface area contributed by atoms with Crippen molar-refractivity contribution in [2.75, 3.05) is 4.90 Å². The maximum Gasteiger partial charge on any atom is 0.258 e. The van der Waals surface area contributed by atoms with Crippen LogP contribution in [0.2, 0.25) is 0 Å². The van der Waals surface area contributed by atoms with Crippen LogP contribution in [0.3, 0.4) is 0 Å². The number of carbonyl (C=O) groups excluding carboxylic acids is 4. The molecule has 5 heteroatoms. The standard InChI is InChI=1S/C30H23NO4/c1-18(2)29(34)25-14-11-23(17-26(25)30(35)19(3)4)22-7-5-20(6-8-22)21-9-12-24(13-10-21)31-27(32)15-16-28(31)33/h5-17H,1,3H2,2,4H3. The molecule has 2 amide bonds. The number of ketones is 2. The zero-order chi connectivity index (χ0) is 25.3. The predicted molar refractivity (Wildman–Crippen MR) is 137 cm³/mol. The summed E-state index contributed by atoms with van der Waals surface area (Å²) in [5.41, 5.74) is 5.41. The van der Waals surface area contributed by atoms with Crippen molar-refractivity contribution in [1.29, 1.82) is 0 Å². The number of Topliss-reactive ketones (excluding diaryl/α,β-unsaturated/α-hetero) is 2. The van der Waals surface area contributed by atoms with E-state index in [0.29, 0.717) is 28.0 Å². The largest absolute Gasteiger partial charge is 0.289 e. The van der Waals surface area contributed by atoms with E-state index in [0.717, 1.165) is 27.2 Å². The van der Waals surface area contributed by atoms with Crippen LogP contribution in [-0.2, 0) is 9.59 Å². The Morgan fingerprint density at radius 3 is 1.49 bits per heavy atom. The number of benzene rings is 3. The summed E-state index contributed by atoms with van der Waals surface area (Å²) in [6.45, 7) is 10.7. The van der Waals surface area contributed by atoms with E-state index in [1.807, 2.05) is 42.5 Å². The third-order valence-corrected chi connectivity index (χ3v) is 5.77. The topological polar surface area (TPSA) is 71.5 Å². The van der Waals surface area contributed by atoms with Gasteiger partial charge in [-0.1, -0.05) is 55.6 Å². The molecule has 0 aliphatic carbocycles. The highest BCUT2D eigenvalue weighted by Gasteiger charge is 2.25. The van der Waals surface area contributed by atoms with Crippen LogP contribution in [0.5, 0.6) is 0 Å². The molecule has 0 saturated heterocycles. The predicted octanol–water partition coefficient (Wildman–Crippen LogP) is 5.97. The van der Waals surface area contributed by atoms with E-state index in [4.69, 9.17) is 0 Å². The lowest BCUT2D eigenvalue weighted by molar-refractivity contribution is -0.119. The molecule has 0 saturated carbocycles. The molecule has 0 spiro atoms. The van der Waals surface area contributed by atoms with Gasteiger partial charge in [0.2, 0.25) is 0 Å². The van der Waals surface area contributed by atoms with Gasteiger partial charge in [-0.3, -0.25) is 19.2 Å². The van der Waals surface area contributed by atoms with E-state index in [-0.39, 0.29) is 23.4 Å². The second-order valence-corrected chi connectivity index (χ2v) is 8.45. The molecule has 172 valence electrons. The summed E-state index contributed by atoms with van der Waals surface area (Å²) >= 11 is 0. The van der Waals surface area contributed by atoms with Gasteiger partial charge < -0.3 is 0 Å². The Morgan fingerprint density at radius 2 is 1.00 bits per heavy atom. The van der Waals surface area contributed by atoms with Gasteiger partial charge in [-0.05, 0) is 71.5 Å². The first-order valence-corrected chi connectivity index (χ1v) is 11.0. The van der Waals surface area contributed by atoms with Crippen LogP contribution in [0.25, 0.3) is 22.3 Å². The van der Waals surface area contributed by atoms with Crippen LogP contribution in [0.15, 0.2) is 103 Å². The number of anilines is 1. The molecule has 3 aromatic rings. The lowest BCUT2D eigenvalue weighted by atomic mass is 9.91. The monoisotopic (exact) mass is 461 g/mol. The molecule has 35 heavy (non-hydrogen) atoms. The first-order valence-electron chi connectivity index (χ1n) is 11.0. The molecule has 0 N–H and O–H groups in total. The smallest absolute Gasteiger partial charge is 0.258 e. The van der Waals surface area contributed by atoms with Gasteiger partial charge in [0.15, 0.2) is 11.6 Å². The first kappa shape index (κ1) is 23.5. The van der Waals surface area contributed by atoms with Gasteiger partial charge in [-0.25, -0.2) is 4.90 Å². The summed E-state index contributed by atoms with van der Waals surface area (Å²) in [5, 5.41) is 0. The van der Waals surface area contributed by atoms with E-state index >= 15 is 0 Å². The number of rotatable bonds is 7. The fourth-order valence-electron chi connectivity index (χ4n) is 3.88. The van der Waals surface area contributed by atoms with Crippen molar-refractivity contribution >= 4 is 29.1 Å². The number of hydrogen-bond donors (Lipinski definition) is 0. The van der Waals surface area contributed by atoms with Crippen LogP contribution < -0.4 is 4.90 Å². The highest BCUT2D eigenvalue weighted by Crippen LogP contribution is 2.29. The molecule has 4 rings (SSSR count). The molecule has 0 radical (unpaired) electrons. The van der Waals surface area contributed by atoms with Crippen molar-refractivity contribution in [3.63, 3.8) is 0 Å². The Morgan fingerprint density at radius 1 is 0.600 bits per heavy atom. The van der Waals surface area contributed by atoms with Crippen LogP contribution >= 0.6 is 0 Å². The lowest BCUT2D eigenvalue weighted by Gasteiger charge is -2.14. The Balaban J connectivity index is 1.63. The zero-order valence-corrected chi connectivity index (χ0v) is 19.5. The molecule has 0 unspecified atom stereocenters. The van der Waals surface area contributed by atoms with Crippen LogP contribution in [-0.4, -0.2) is 23.4 Å². The van der Waals surface area contributed by atoms with E-state index in [2.05, 4.69) is 13.2 Å². The minimum atomic E-state index is -0.354. The van der Waals surface area contributed by atoms with Gasteiger partial charge in [0, 0.05) is 23.3 Å². The van der Waals surface area contributed by atoms with Gasteiger partial charge in [-0.2, -0.15) is 0 Å². The Labute approximate surface area is 203 Å². The van der Waals surface area contributed by atoms with E-state index < -0.39 is 0 Å². The normalized spacial score (nSPS) is 12.7. The van der Waals surface area contributed by atoms with Crippen LogP contribution in [0.4, 0.5) is 5.69 Å². The van der Waals surface area contributed by atoms with Crippen LogP contribution in [0, 0.1) is 0 Å². The summed E-state index contributed by atoms with van der Waals surface area (Å²) in [5.74, 6) is -1.26. The highest BCUT2D eigenvalue weighted by molar-refractivity contribution is 6.28. The molecule has 0 bridgehead atoms. The molecule has 1 aliphatic heterocycles. The number of hydrogen-bond acceptors (Lipinski definition) is 4. The molecule has 0 fully saturated rings. The maximum absolute atomic E-state index is 12.7. The second kappa shape index (κ2) is 9.31. The summed E-state index contributed by atoms with van der Waals surface area (Å²) in [7, 11) is 0. The van der Waals surface area contributed by atoms with Gasteiger partial charge in [-0.15, -0.1) is 0 Å². The average molecular weight is 462 g/mol. The number of allylic oxidation sites excluding steroid dienone is 2. The SMILES string of the molecule is C=C(C)C(=O)c1ccc(-c2ccc(-c3ccc(N4C(=O)C=CC4=O)cc3)cc2)cc1C(=O)C(=C)C. The summed E-state index contributed by atoms with van der Waals surface area (Å²) in [6, 6.07) is 20.1. The summed E-state index contributed by atoms with van der Waals surface area (Å²) < 4.78 is 0. The molecule has 0 atom stereocenters. The Hall–Kier alpha value is -4.64. The third kappa shape index (κ3) is 4.57. The van der Waals surface area contributed by atoms with Crippen molar-refractivity contribution in [3.8, 4) is 22.3 Å². The molecular weight excluding hydrogens is 438 g/mol. The summed E-state index contributed by atoms with van der Waals surface area (Å²) in [4.78, 5) is 50.2. The molecule has 1 heterocycles. The molecule has 0 aromatic heterocycles. The lowest BCUT2D eigenvalue weighted by Crippen LogP contribution is -2.29. The fraction of sp³-hybridized carbons (Fsp3) is 0.0667. The Bertz CT molecular complexity index is 1420. The van der Waals surface area contributed by atoms with E-state index in [1.54, 1.807) is 38.1 Å². The number of amides is 2. The second-order valence-electron chi connectivity index (χ2n) is 8.45. The molecule has 5 nitrogen and oxygen atoms in total. The van der Waals surface area contributed by atoms with Gasteiger partial charge in [0.25, 0.3) is 11.8 Å². The van der Waals surface area contributed by atoms with Crippen LogP contribution in [0.1, 0.15) is 34.6 Å². The minimum Gasteiger partial charge on any atom is -0.289 e. The Kier molecular flexibility index (Phi) is 6.26. The third-order valence-electron chi connectivity index (χ3n) is 5.77. The highest BCUT2D eigenvalue weighted by atomic mass is 16.2. The van der Waals surface area contributed by atoms with Gasteiger partial charge >= 0.3 is 0 Å². The van der Waals surface area contributed by atoms with Gasteiger partial charge in [0.1, 0.15) is 0 Å². The van der Waals surface area contributed by atoms with E-state index in [9.17, 15) is 19.2 Å². The molecule has 1 aliphatic rings. The molecular formula is C30H23NO4. The fourth-order valence-corrected chi connectivity index (χ4v) is 3.88. The average Bonchev–Trinajstić information content (AvgIpc) is 3.20. The van der Waals surface area contributed by atoms with E-state index in [1.165, 1.54) is 12.2 Å². The van der Waals surface area contributed by atoms with Crippen molar-refractivity contribution in [1.82, 2.24) is 0 Å².